The first kappa shape index (κ1) is 11.8. The van der Waals surface area contributed by atoms with Gasteiger partial charge >= 0.3 is 6.36 Å². The number of aryl methyl sites for hydroxylation is 1. The van der Waals surface area contributed by atoms with Gasteiger partial charge in [0, 0.05) is 0 Å². The van der Waals surface area contributed by atoms with Crippen LogP contribution in [0.1, 0.15) is 18.1 Å². The monoisotopic (exact) mass is 220 g/mol. The van der Waals surface area contributed by atoms with Crippen LogP contribution in [-0.4, -0.2) is 11.5 Å². The molecule has 0 saturated carbocycles. The summed E-state index contributed by atoms with van der Waals surface area (Å²) in [7, 11) is 0. The SMILES string of the molecule is CCc1ccc(OC(F)(F)F)cc1CO. The number of hydrogen-bond donors (Lipinski definition) is 1. The van der Waals surface area contributed by atoms with E-state index in [9.17, 15) is 13.2 Å². The molecule has 0 saturated heterocycles. The average Bonchev–Trinajstić information content (AvgIpc) is 2.15. The Bertz CT molecular complexity index is 334. The topological polar surface area (TPSA) is 29.5 Å². The van der Waals surface area contributed by atoms with Gasteiger partial charge in [0.1, 0.15) is 5.75 Å². The second-order valence-electron chi connectivity index (χ2n) is 2.99. The zero-order chi connectivity index (χ0) is 11.5. The van der Waals surface area contributed by atoms with Crippen LogP contribution in [0.2, 0.25) is 0 Å². The molecular formula is C10H11F3O2. The van der Waals surface area contributed by atoms with Crippen molar-refractivity contribution in [2.45, 2.75) is 26.3 Å². The largest absolute Gasteiger partial charge is 0.573 e. The van der Waals surface area contributed by atoms with Crippen molar-refractivity contribution in [2.75, 3.05) is 0 Å². The lowest BCUT2D eigenvalue weighted by molar-refractivity contribution is -0.274. The fraction of sp³-hybridized carbons (Fsp3) is 0.400. The first-order valence-electron chi connectivity index (χ1n) is 4.44. The molecule has 1 aromatic carbocycles. The van der Waals surface area contributed by atoms with E-state index in [1.165, 1.54) is 18.2 Å². The normalized spacial score (nSPS) is 11.5. The van der Waals surface area contributed by atoms with Crippen LogP contribution in [0, 0.1) is 0 Å². The van der Waals surface area contributed by atoms with Gasteiger partial charge in [-0.1, -0.05) is 13.0 Å². The smallest absolute Gasteiger partial charge is 0.406 e. The molecule has 1 rings (SSSR count). The Morgan fingerprint density at radius 2 is 1.93 bits per heavy atom. The van der Waals surface area contributed by atoms with Crippen LogP contribution in [0.5, 0.6) is 5.75 Å². The van der Waals surface area contributed by atoms with E-state index in [-0.39, 0.29) is 12.4 Å². The third kappa shape index (κ3) is 3.43. The molecule has 0 heterocycles. The Balaban J connectivity index is 2.93. The van der Waals surface area contributed by atoms with E-state index in [1.807, 2.05) is 6.92 Å². The Hall–Kier alpha value is -1.23. The summed E-state index contributed by atoms with van der Waals surface area (Å²) in [6.45, 7) is 1.57. The first-order valence-corrected chi connectivity index (χ1v) is 4.44. The number of ether oxygens (including phenoxy) is 1. The van der Waals surface area contributed by atoms with E-state index in [0.29, 0.717) is 12.0 Å². The van der Waals surface area contributed by atoms with Crippen molar-refractivity contribution in [1.29, 1.82) is 0 Å². The molecule has 0 amide bonds. The first-order chi connectivity index (χ1) is 6.96. The minimum Gasteiger partial charge on any atom is -0.406 e. The molecule has 84 valence electrons. The van der Waals surface area contributed by atoms with Crippen LogP contribution >= 0.6 is 0 Å². The third-order valence-corrected chi connectivity index (χ3v) is 1.96. The Labute approximate surface area is 85.3 Å². The number of halogens is 3. The molecule has 1 N–H and O–H groups in total. The van der Waals surface area contributed by atoms with Crippen LogP contribution in [0.4, 0.5) is 13.2 Å². The lowest BCUT2D eigenvalue weighted by atomic mass is 10.1. The van der Waals surface area contributed by atoms with Gasteiger partial charge in [0.05, 0.1) is 6.61 Å². The summed E-state index contributed by atoms with van der Waals surface area (Å²) >= 11 is 0. The van der Waals surface area contributed by atoms with Crippen LogP contribution < -0.4 is 4.74 Å². The zero-order valence-corrected chi connectivity index (χ0v) is 8.14. The molecule has 0 bridgehead atoms. The molecule has 0 spiro atoms. The molecule has 15 heavy (non-hydrogen) atoms. The van der Waals surface area contributed by atoms with Gasteiger partial charge in [0.25, 0.3) is 0 Å². The van der Waals surface area contributed by atoms with Gasteiger partial charge in [-0.15, -0.1) is 13.2 Å². The maximum Gasteiger partial charge on any atom is 0.573 e. The summed E-state index contributed by atoms with van der Waals surface area (Å²) < 4.78 is 39.4. The number of hydrogen-bond acceptors (Lipinski definition) is 2. The van der Waals surface area contributed by atoms with E-state index in [0.717, 1.165) is 5.56 Å². The fourth-order valence-electron chi connectivity index (χ4n) is 1.29. The molecule has 0 aliphatic heterocycles. The van der Waals surface area contributed by atoms with Crippen molar-refractivity contribution in [3.8, 4) is 5.75 Å². The molecule has 0 aliphatic carbocycles. The highest BCUT2D eigenvalue weighted by Gasteiger charge is 2.31. The van der Waals surface area contributed by atoms with Crippen molar-refractivity contribution >= 4 is 0 Å². The predicted molar refractivity (Wildman–Crippen MR) is 48.4 cm³/mol. The molecular weight excluding hydrogens is 209 g/mol. The number of benzene rings is 1. The molecule has 2 nitrogen and oxygen atoms in total. The van der Waals surface area contributed by atoms with Crippen molar-refractivity contribution in [3.05, 3.63) is 29.3 Å². The maximum atomic E-state index is 11.9. The number of alkyl halides is 3. The predicted octanol–water partition coefficient (Wildman–Crippen LogP) is 2.64. The Kier molecular flexibility index (Phi) is 3.57. The summed E-state index contributed by atoms with van der Waals surface area (Å²) in [5.74, 6) is -0.302. The summed E-state index contributed by atoms with van der Waals surface area (Å²) in [6, 6.07) is 3.96. The van der Waals surface area contributed by atoms with Crippen molar-refractivity contribution in [3.63, 3.8) is 0 Å². The van der Waals surface area contributed by atoms with Gasteiger partial charge in [0.2, 0.25) is 0 Å². The second-order valence-corrected chi connectivity index (χ2v) is 2.99. The third-order valence-electron chi connectivity index (χ3n) is 1.96. The average molecular weight is 220 g/mol. The van der Waals surface area contributed by atoms with Crippen molar-refractivity contribution in [1.82, 2.24) is 0 Å². The number of aliphatic hydroxyl groups excluding tert-OH is 1. The lowest BCUT2D eigenvalue weighted by Crippen LogP contribution is -2.17. The second kappa shape index (κ2) is 4.53. The minimum atomic E-state index is -4.69. The fourth-order valence-corrected chi connectivity index (χ4v) is 1.29. The van der Waals surface area contributed by atoms with Crippen LogP contribution in [-0.2, 0) is 13.0 Å². The van der Waals surface area contributed by atoms with E-state index in [1.54, 1.807) is 0 Å². The van der Waals surface area contributed by atoms with E-state index < -0.39 is 6.36 Å². The van der Waals surface area contributed by atoms with Crippen molar-refractivity contribution < 1.29 is 23.0 Å². The molecule has 1 aromatic rings. The van der Waals surface area contributed by atoms with E-state index in [4.69, 9.17) is 5.11 Å². The van der Waals surface area contributed by atoms with E-state index >= 15 is 0 Å². The molecule has 0 aromatic heterocycles. The highest BCUT2D eigenvalue weighted by molar-refractivity contribution is 5.35. The summed E-state index contributed by atoms with van der Waals surface area (Å²) in [5.41, 5.74) is 1.27. The quantitative estimate of drug-likeness (QED) is 0.848. The molecule has 0 aliphatic rings. The van der Waals surface area contributed by atoms with Gasteiger partial charge in [0.15, 0.2) is 0 Å². The van der Waals surface area contributed by atoms with Crippen LogP contribution in [0.25, 0.3) is 0 Å². The molecule has 0 unspecified atom stereocenters. The van der Waals surface area contributed by atoms with Gasteiger partial charge < -0.3 is 9.84 Å². The number of rotatable bonds is 3. The van der Waals surface area contributed by atoms with Crippen molar-refractivity contribution in [2.24, 2.45) is 0 Å². The standard InChI is InChI=1S/C10H11F3O2/c1-2-7-3-4-9(5-8(7)6-14)15-10(11,12)13/h3-5,14H,2,6H2,1H3. The number of aliphatic hydroxyl groups is 1. The molecule has 0 atom stereocenters. The van der Waals surface area contributed by atoms with Gasteiger partial charge in [-0.3, -0.25) is 0 Å². The highest BCUT2D eigenvalue weighted by atomic mass is 19.4. The summed E-state index contributed by atoms with van der Waals surface area (Å²) in [6.07, 6.45) is -4.04. The highest BCUT2D eigenvalue weighted by Crippen LogP contribution is 2.25. The molecule has 0 radical (unpaired) electrons. The summed E-state index contributed by atoms with van der Waals surface area (Å²) in [5, 5.41) is 8.94. The van der Waals surface area contributed by atoms with Gasteiger partial charge in [-0.2, -0.15) is 0 Å². The Morgan fingerprint density at radius 1 is 1.27 bits per heavy atom. The summed E-state index contributed by atoms with van der Waals surface area (Å²) in [4.78, 5) is 0. The minimum absolute atomic E-state index is 0.293. The Morgan fingerprint density at radius 3 is 2.40 bits per heavy atom. The molecule has 0 fully saturated rings. The van der Waals surface area contributed by atoms with Crippen LogP contribution in [0.15, 0.2) is 18.2 Å². The van der Waals surface area contributed by atoms with Gasteiger partial charge in [-0.25, -0.2) is 0 Å². The lowest BCUT2D eigenvalue weighted by Gasteiger charge is -2.11. The maximum absolute atomic E-state index is 11.9. The zero-order valence-electron chi connectivity index (χ0n) is 8.14. The van der Waals surface area contributed by atoms with Crippen LogP contribution in [0.3, 0.4) is 0 Å². The molecule has 5 heteroatoms. The van der Waals surface area contributed by atoms with E-state index in [2.05, 4.69) is 4.74 Å². The van der Waals surface area contributed by atoms with Gasteiger partial charge in [-0.05, 0) is 29.7 Å².